The van der Waals surface area contributed by atoms with E-state index in [9.17, 15) is 0 Å². The van der Waals surface area contributed by atoms with Crippen molar-refractivity contribution in [1.29, 1.82) is 0 Å². The van der Waals surface area contributed by atoms with Gasteiger partial charge in [0.25, 0.3) is 0 Å². The number of rotatable bonds is 0. The number of hydrogen-bond acceptors (Lipinski definition) is 3. The first-order valence-corrected chi connectivity index (χ1v) is 4.80. The number of fused-ring (bicyclic) bond motifs is 1. The van der Waals surface area contributed by atoms with Gasteiger partial charge in [-0.25, -0.2) is 0 Å². The van der Waals surface area contributed by atoms with Crippen molar-refractivity contribution in [2.75, 3.05) is 4.72 Å². The van der Waals surface area contributed by atoms with Crippen LogP contribution in [-0.2, 0) is 0 Å². The summed E-state index contributed by atoms with van der Waals surface area (Å²) in [5.41, 5.74) is 1.24. The minimum Gasteiger partial charge on any atom is -0.319 e. The highest BCUT2D eigenvalue weighted by atomic mass is 33.1. The minimum atomic E-state index is 1.24. The zero-order valence-electron chi connectivity index (χ0n) is 4.63. The van der Waals surface area contributed by atoms with E-state index in [1.807, 2.05) is 6.07 Å². The molecule has 0 amide bonds. The van der Waals surface area contributed by atoms with Crippen LogP contribution in [0.5, 0.6) is 0 Å². The topological polar surface area (TPSA) is 12.0 Å². The minimum absolute atomic E-state index is 1.24. The Morgan fingerprint density at radius 1 is 1.22 bits per heavy atom. The fourth-order valence-corrected chi connectivity index (χ4v) is 2.64. The van der Waals surface area contributed by atoms with E-state index in [0.29, 0.717) is 0 Å². The molecule has 2 rings (SSSR count). The summed E-state index contributed by atoms with van der Waals surface area (Å²) in [6.45, 7) is 0. The second-order valence-electron chi connectivity index (χ2n) is 1.76. The molecule has 0 radical (unpaired) electrons. The molecule has 1 heterocycles. The average molecular weight is 155 g/mol. The Hall–Kier alpha value is -0.280. The monoisotopic (exact) mass is 155 g/mol. The van der Waals surface area contributed by atoms with Gasteiger partial charge in [0.05, 0.1) is 5.69 Å². The van der Waals surface area contributed by atoms with Crippen molar-refractivity contribution in [3.05, 3.63) is 24.3 Å². The molecule has 1 aromatic carbocycles. The summed E-state index contributed by atoms with van der Waals surface area (Å²) in [5, 5.41) is 0. The second-order valence-corrected chi connectivity index (χ2v) is 3.74. The Morgan fingerprint density at radius 3 is 3.00 bits per heavy atom. The lowest BCUT2D eigenvalue weighted by atomic mass is 10.3. The lowest BCUT2D eigenvalue weighted by molar-refractivity contribution is 1.49. The summed E-state index contributed by atoms with van der Waals surface area (Å²) in [6.07, 6.45) is 0. The molecule has 1 N–H and O–H groups in total. The smallest absolute Gasteiger partial charge is 0.0593 e. The van der Waals surface area contributed by atoms with Crippen molar-refractivity contribution in [1.82, 2.24) is 0 Å². The maximum atomic E-state index is 3.18. The Morgan fingerprint density at radius 2 is 2.11 bits per heavy atom. The van der Waals surface area contributed by atoms with Crippen molar-refractivity contribution in [3.63, 3.8) is 0 Å². The van der Waals surface area contributed by atoms with Crippen LogP contribution in [0.25, 0.3) is 0 Å². The molecule has 0 saturated carbocycles. The maximum Gasteiger partial charge on any atom is 0.0593 e. The van der Waals surface area contributed by atoms with Crippen molar-refractivity contribution in [2.45, 2.75) is 4.90 Å². The van der Waals surface area contributed by atoms with Gasteiger partial charge in [0.1, 0.15) is 0 Å². The highest BCUT2D eigenvalue weighted by Crippen LogP contribution is 2.43. The highest BCUT2D eigenvalue weighted by Gasteiger charge is 2.08. The normalized spacial score (nSPS) is 14.7. The van der Waals surface area contributed by atoms with Crippen LogP contribution in [0.1, 0.15) is 0 Å². The molecule has 0 bridgehead atoms. The fraction of sp³-hybridized carbons (Fsp3) is 0. The third kappa shape index (κ3) is 0.904. The van der Waals surface area contributed by atoms with Crippen LogP contribution in [0.4, 0.5) is 5.69 Å². The molecule has 1 aromatic rings. The zero-order valence-corrected chi connectivity index (χ0v) is 6.26. The standard InChI is InChI=1S/C6H5NS2/c1-2-4-6-5(3-1)7-9-8-6/h1-4,7H. The van der Waals surface area contributed by atoms with Crippen LogP contribution in [0, 0.1) is 0 Å². The number of nitrogens with one attached hydrogen (secondary N) is 1. The van der Waals surface area contributed by atoms with Gasteiger partial charge in [-0.1, -0.05) is 12.1 Å². The van der Waals surface area contributed by atoms with Gasteiger partial charge in [0, 0.05) is 15.9 Å². The average Bonchev–Trinajstić information content (AvgIpc) is 2.33. The summed E-state index contributed by atoms with van der Waals surface area (Å²) >= 11 is 0. The van der Waals surface area contributed by atoms with E-state index >= 15 is 0 Å². The Balaban J connectivity index is 2.54. The van der Waals surface area contributed by atoms with Crippen molar-refractivity contribution >= 4 is 27.5 Å². The van der Waals surface area contributed by atoms with Crippen LogP contribution in [0.3, 0.4) is 0 Å². The lowest BCUT2D eigenvalue weighted by Gasteiger charge is -1.91. The molecule has 1 aliphatic rings. The van der Waals surface area contributed by atoms with Gasteiger partial charge in [-0.05, 0) is 22.9 Å². The van der Waals surface area contributed by atoms with Gasteiger partial charge in [0.15, 0.2) is 0 Å². The number of para-hydroxylation sites is 1. The van der Waals surface area contributed by atoms with Gasteiger partial charge < -0.3 is 4.72 Å². The first-order chi connectivity index (χ1) is 4.47. The molecule has 0 fully saturated rings. The molecule has 1 nitrogen and oxygen atoms in total. The number of hydrogen-bond donors (Lipinski definition) is 1. The quantitative estimate of drug-likeness (QED) is 0.457. The van der Waals surface area contributed by atoms with E-state index in [1.54, 1.807) is 21.8 Å². The van der Waals surface area contributed by atoms with Crippen molar-refractivity contribution in [3.8, 4) is 0 Å². The molecule has 0 saturated heterocycles. The number of benzene rings is 1. The van der Waals surface area contributed by atoms with E-state index < -0.39 is 0 Å². The summed E-state index contributed by atoms with van der Waals surface area (Å²) in [6, 6.07) is 8.30. The molecule has 9 heavy (non-hydrogen) atoms. The Bertz CT molecular complexity index is 201. The lowest BCUT2D eigenvalue weighted by Crippen LogP contribution is -1.75. The van der Waals surface area contributed by atoms with Crippen LogP contribution in [0.2, 0.25) is 0 Å². The van der Waals surface area contributed by atoms with E-state index in [1.165, 1.54) is 10.6 Å². The molecular formula is C6H5NS2. The second kappa shape index (κ2) is 2.15. The Labute approximate surface area is 61.8 Å². The number of anilines is 1. The van der Waals surface area contributed by atoms with Gasteiger partial charge in [0.2, 0.25) is 0 Å². The maximum absolute atomic E-state index is 3.18. The SMILES string of the molecule is c1ccc2c(c1)NSS2. The molecule has 1 aliphatic heterocycles. The molecule has 0 atom stereocenters. The molecule has 0 aliphatic carbocycles. The van der Waals surface area contributed by atoms with Gasteiger partial charge >= 0.3 is 0 Å². The molecule has 0 unspecified atom stereocenters. The Kier molecular flexibility index (Phi) is 1.32. The van der Waals surface area contributed by atoms with E-state index in [-0.39, 0.29) is 0 Å². The molecule has 3 heteroatoms. The van der Waals surface area contributed by atoms with E-state index in [2.05, 4.69) is 22.9 Å². The van der Waals surface area contributed by atoms with Gasteiger partial charge in [-0.2, -0.15) is 0 Å². The summed E-state index contributed by atoms with van der Waals surface area (Å²) in [4.78, 5) is 1.34. The fourth-order valence-electron chi connectivity index (χ4n) is 0.734. The van der Waals surface area contributed by atoms with Gasteiger partial charge in [-0.3, -0.25) is 0 Å². The summed E-state index contributed by atoms with van der Waals surface area (Å²) in [5.74, 6) is 0. The van der Waals surface area contributed by atoms with Crippen LogP contribution in [-0.4, -0.2) is 0 Å². The van der Waals surface area contributed by atoms with Crippen LogP contribution >= 0.6 is 21.8 Å². The third-order valence-corrected chi connectivity index (χ3v) is 3.13. The highest BCUT2D eigenvalue weighted by molar-refractivity contribution is 8.77. The first kappa shape index (κ1) is 5.50. The zero-order chi connectivity index (χ0) is 6.10. The first-order valence-electron chi connectivity index (χ1n) is 2.65. The van der Waals surface area contributed by atoms with E-state index in [4.69, 9.17) is 0 Å². The third-order valence-electron chi connectivity index (χ3n) is 1.17. The molecule has 0 aromatic heterocycles. The largest absolute Gasteiger partial charge is 0.319 e. The predicted molar refractivity (Wildman–Crippen MR) is 43.5 cm³/mol. The summed E-state index contributed by atoms with van der Waals surface area (Å²) in [7, 11) is 3.44. The van der Waals surface area contributed by atoms with Crippen LogP contribution in [0.15, 0.2) is 29.2 Å². The predicted octanol–water partition coefficient (Wildman–Crippen LogP) is 2.77. The van der Waals surface area contributed by atoms with Crippen molar-refractivity contribution < 1.29 is 0 Å². The van der Waals surface area contributed by atoms with E-state index in [0.717, 1.165) is 0 Å². The van der Waals surface area contributed by atoms with Gasteiger partial charge in [-0.15, -0.1) is 0 Å². The molecule has 46 valence electrons. The molecule has 0 spiro atoms. The summed E-state index contributed by atoms with van der Waals surface area (Å²) < 4.78 is 3.18. The van der Waals surface area contributed by atoms with Crippen LogP contribution < -0.4 is 4.72 Å². The molecular weight excluding hydrogens is 150 g/mol. The van der Waals surface area contributed by atoms with Crippen molar-refractivity contribution in [2.24, 2.45) is 0 Å².